The molecule has 3 rings (SSSR count). The third kappa shape index (κ3) is 7.52. The Morgan fingerprint density at radius 2 is 1.79 bits per heavy atom. The second-order valence-corrected chi connectivity index (χ2v) is 10.3. The fourth-order valence-corrected chi connectivity index (χ4v) is 5.59. The zero-order chi connectivity index (χ0) is 24.5. The Morgan fingerprint density at radius 1 is 1.09 bits per heavy atom. The Bertz CT molecular complexity index is 952. The van der Waals surface area contributed by atoms with Crippen molar-refractivity contribution in [3.05, 3.63) is 64.7 Å². The quantitative estimate of drug-likeness (QED) is 0.465. The van der Waals surface area contributed by atoms with Crippen LogP contribution in [0.1, 0.15) is 61.3 Å². The predicted octanol–water partition coefficient (Wildman–Crippen LogP) is 5.41. The molecule has 1 aliphatic rings. The molecule has 184 valence electrons. The standard InChI is InChI=1S/C28H38N2O3S/c1-5-26(28(32)29-24-10-6-7-11-24)30(17-22-9-8-12-25(16-22)33-4)27(31)19-34-18-23-14-20(2)13-21(3)15-23/h8-9,12-16,24,26H,5-7,10-11,17-19H2,1-4H3,(H,29,32). The molecule has 1 unspecified atom stereocenters. The highest BCUT2D eigenvalue weighted by Gasteiger charge is 2.30. The van der Waals surface area contributed by atoms with Crippen molar-refractivity contribution in [2.45, 2.75) is 77.3 Å². The first-order valence-corrected chi connectivity index (χ1v) is 13.4. The summed E-state index contributed by atoms with van der Waals surface area (Å²) in [5, 5.41) is 3.20. The largest absolute Gasteiger partial charge is 0.497 e. The van der Waals surface area contributed by atoms with Crippen molar-refractivity contribution in [3.8, 4) is 5.75 Å². The molecule has 5 nitrogen and oxygen atoms in total. The van der Waals surface area contributed by atoms with Gasteiger partial charge in [-0.25, -0.2) is 0 Å². The molecule has 2 amide bonds. The average Bonchev–Trinajstić information content (AvgIpc) is 3.31. The van der Waals surface area contributed by atoms with Gasteiger partial charge in [-0.3, -0.25) is 9.59 Å². The molecule has 0 aromatic heterocycles. The smallest absolute Gasteiger partial charge is 0.243 e. The maximum atomic E-state index is 13.5. The first-order chi connectivity index (χ1) is 16.4. The van der Waals surface area contributed by atoms with Crippen LogP contribution in [0, 0.1) is 13.8 Å². The summed E-state index contributed by atoms with van der Waals surface area (Å²) in [7, 11) is 1.63. The molecule has 1 atom stereocenters. The lowest BCUT2D eigenvalue weighted by atomic mass is 10.1. The summed E-state index contributed by atoms with van der Waals surface area (Å²) in [5.41, 5.74) is 4.65. The number of aryl methyl sites for hydroxylation is 2. The van der Waals surface area contributed by atoms with Gasteiger partial charge < -0.3 is 15.0 Å². The third-order valence-electron chi connectivity index (χ3n) is 6.35. The van der Waals surface area contributed by atoms with E-state index in [-0.39, 0.29) is 17.9 Å². The summed E-state index contributed by atoms with van der Waals surface area (Å²) in [5.74, 6) is 1.81. The van der Waals surface area contributed by atoms with Crippen molar-refractivity contribution >= 4 is 23.6 Å². The molecular formula is C28H38N2O3S. The summed E-state index contributed by atoms with van der Waals surface area (Å²) in [6.07, 6.45) is 4.94. The third-order valence-corrected chi connectivity index (χ3v) is 7.34. The highest BCUT2D eigenvalue weighted by atomic mass is 32.2. The molecule has 34 heavy (non-hydrogen) atoms. The normalized spacial score (nSPS) is 14.6. The number of hydrogen-bond acceptors (Lipinski definition) is 4. The van der Waals surface area contributed by atoms with Gasteiger partial charge in [0.05, 0.1) is 12.9 Å². The van der Waals surface area contributed by atoms with Crippen molar-refractivity contribution in [1.82, 2.24) is 10.2 Å². The van der Waals surface area contributed by atoms with Crippen LogP contribution in [0.4, 0.5) is 0 Å². The lowest BCUT2D eigenvalue weighted by Crippen LogP contribution is -2.51. The number of nitrogens with one attached hydrogen (secondary N) is 1. The predicted molar refractivity (Wildman–Crippen MR) is 140 cm³/mol. The molecule has 0 aliphatic heterocycles. The van der Waals surface area contributed by atoms with Gasteiger partial charge in [0.2, 0.25) is 11.8 Å². The number of thioether (sulfide) groups is 1. The van der Waals surface area contributed by atoms with Gasteiger partial charge in [0.25, 0.3) is 0 Å². The molecule has 0 saturated heterocycles. The number of methoxy groups -OCH3 is 1. The lowest BCUT2D eigenvalue weighted by molar-refractivity contribution is -0.139. The van der Waals surface area contributed by atoms with Crippen LogP contribution in [0.3, 0.4) is 0 Å². The van der Waals surface area contributed by atoms with E-state index in [0.717, 1.165) is 42.7 Å². The molecule has 0 radical (unpaired) electrons. The number of carbonyl (C=O) groups excluding carboxylic acids is 2. The molecule has 2 aromatic carbocycles. The van der Waals surface area contributed by atoms with Crippen LogP contribution in [-0.2, 0) is 21.9 Å². The fourth-order valence-electron chi connectivity index (χ4n) is 4.75. The van der Waals surface area contributed by atoms with E-state index in [4.69, 9.17) is 4.74 Å². The fraction of sp³-hybridized carbons (Fsp3) is 0.500. The summed E-state index contributed by atoms with van der Waals surface area (Å²) in [4.78, 5) is 28.4. The van der Waals surface area contributed by atoms with Gasteiger partial charge in [-0.05, 0) is 56.4 Å². The van der Waals surface area contributed by atoms with Crippen molar-refractivity contribution < 1.29 is 14.3 Å². The van der Waals surface area contributed by atoms with E-state index >= 15 is 0 Å². The lowest BCUT2D eigenvalue weighted by Gasteiger charge is -2.31. The summed E-state index contributed by atoms with van der Waals surface area (Å²) in [6, 6.07) is 14.0. The summed E-state index contributed by atoms with van der Waals surface area (Å²) < 4.78 is 5.37. The van der Waals surface area contributed by atoms with Gasteiger partial charge in [-0.15, -0.1) is 11.8 Å². The van der Waals surface area contributed by atoms with E-state index in [9.17, 15) is 9.59 Å². The average molecular weight is 483 g/mol. The van der Waals surface area contributed by atoms with E-state index in [2.05, 4.69) is 37.4 Å². The van der Waals surface area contributed by atoms with Gasteiger partial charge >= 0.3 is 0 Å². The Morgan fingerprint density at radius 3 is 2.44 bits per heavy atom. The Hall–Kier alpha value is -2.47. The molecule has 0 spiro atoms. The highest BCUT2D eigenvalue weighted by molar-refractivity contribution is 7.99. The minimum atomic E-state index is -0.485. The Kier molecular flexibility index (Phi) is 9.87. The Balaban J connectivity index is 1.72. The van der Waals surface area contributed by atoms with Crippen LogP contribution in [0.2, 0.25) is 0 Å². The molecule has 0 heterocycles. The number of benzene rings is 2. The van der Waals surface area contributed by atoms with E-state index in [1.807, 2.05) is 31.2 Å². The van der Waals surface area contributed by atoms with Crippen LogP contribution in [0.5, 0.6) is 5.75 Å². The van der Waals surface area contributed by atoms with E-state index in [1.165, 1.54) is 16.7 Å². The second kappa shape index (κ2) is 12.8. The molecule has 1 saturated carbocycles. The first kappa shape index (κ1) is 26.1. The van der Waals surface area contributed by atoms with Crippen molar-refractivity contribution in [1.29, 1.82) is 0 Å². The zero-order valence-electron chi connectivity index (χ0n) is 20.9. The number of hydrogen-bond donors (Lipinski definition) is 1. The zero-order valence-corrected chi connectivity index (χ0v) is 21.7. The van der Waals surface area contributed by atoms with Crippen molar-refractivity contribution in [2.75, 3.05) is 12.9 Å². The van der Waals surface area contributed by atoms with Gasteiger partial charge in [0.1, 0.15) is 11.8 Å². The van der Waals surface area contributed by atoms with Gasteiger partial charge in [0.15, 0.2) is 0 Å². The topological polar surface area (TPSA) is 58.6 Å². The number of rotatable bonds is 11. The molecule has 1 N–H and O–H groups in total. The van der Waals surface area contributed by atoms with Gasteiger partial charge in [-0.2, -0.15) is 0 Å². The maximum absolute atomic E-state index is 13.5. The summed E-state index contributed by atoms with van der Waals surface area (Å²) in [6.45, 7) is 6.55. The van der Waals surface area contributed by atoms with Crippen LogP contribution < -0.4 is 10.1 Å². The van der Waals surface area contributed by atoms with Gasteiger partial charge in [-0.1, -0.05) is 61.2 Å². The minimum Gasteiger partial charge on any atom is -0.497 e. The minimum absolute atomic E-state index is 0.00869. The Labute approximate surface area is 208 Å². The van der Waals surface area contributed by atoms with E-state index < -0.39 is 6.04 Å². The molecule has 2 aromatic rings. The summed E-state index contributed by atoms with van der Waals surface area (Å²) >= 11 is 1.60. The van der Waals surface area contributed by atoms with Crippen LogP contribution in [0.15, 0.2) is 42.5 Å². The van der Waals surface area contributed by atoms with Crippen LogP contribution in [-0.4, -0.2) is 41.7 Å². The number of nitrogens with zero attached hydrogens (tertiary/aromatic N) is 1. The number of amides is 2. The van der Waals surface area contributed by atoms with Crippen molar-refractivity contribution in [3.63, 3.8) is 0 Å². The maximum Gasteiger partial charge on any atom is 0.243 e. The number of carbonyl (C=O) groups is 2. The van der Waals surface area contributed by atoms with Gasteiger partial charge in [0, 0.05) is 18.3 Å². The molecule has 6 heteroatoms. The first-order valence-electron chi connectivity index (χ1n) is 12.3. The molecular weight excluding hydrogens is 444 g/mol. The molecule has 1 fully saturated rings. The SMILES string of the molecule is CCC(C(=O)NC1CCCC1)N(Cc1cccc(OC)c1)C(=O)CSCc1cc(C)cc(C)c1. The number of ether oxygens (including phenoxy) is 1. The van der Waals surface area contributed by atoms with E-state index in [1.54, 1.807) is 23.8 Å². The second-order valence-electron chi connectivity index (χ2n) is 9.28. The van der Waals surface area contributed by atoms with Crippen LogP contribution >= 0.6 is 11.8 Å². The monoisotopic (exact) mass is 482 g/mol. The van der Waals surface area contributed by atoms with Crippen molar-refractivity contribution in [2.24, 2.45) is 0 Å². The van der Waals surface area contributed by atoms with Crippen LogP contribution in [0.25, 0.3) is 0 Å². The molecule has 1 aliphatic carbocycles. The van der Waals surface area contributed by atoms with E-state index in [0.29, 0.717) is 18.7 Å². The molecule has 0 bridgehead atoms. The highest BCUT2D eigenvalue weighted by Crippen LogP contribution is 2.22.